The largest absolute Gasteiger partial charge is 0.388 e. The van der Waals surface area contributed by atoms with Crippen LogP contribution in [0.4, 0.5) is 0 Å². The fraction of sp³-hybridized carbons (Fsp3) is 0.962. The van der Waals surface area contributed by atoms with Crippen LogP contribution in [-0.2, 0) is 23.7 Å². The second kappa shape index (κ2) is 14.3. The van der Waals surface area contributed by atoms with Crippen molar-refractivity contribution >= 4 is 5.91 Å². The van der Waals surface area contributed by atoms with E-state index in [1.54, 1.807) is 0 Å². The Hall–Kier alpha value is -1.17. The molecule has 2 aliphatic heterocycles. The number of likely N-dealkylation sites (N-methyl/N-ethyl adjacent to an activating group) is 1. The van der Waals surface area contributed by atoms with Crippen LogP contribution in [0.3, 0.4) is 0 Å². The molecule has 44 heavy (non-hydrogen) atoms. The van der Waals surface area contributed by atoms with E-state index >= 15 is 0 Å². The first-order valence-corrected chi connectivity index (χ1v) is 15.0. The molecule has 0 aromatic rings. The lowest BCUT2D eigenvalue weighted by molar-refractivity contribution is -0.330. The average Bonchev–Trinajstić information content (AvgIpc) is 3.59. The molecule has 0 spiro atoms. The van der Waals surface area contributed by atoms with E-state index in [0.717, 1.165) is 0 Å². The Morgan fingerprint density at radius 1 is 0.977 bits per heavy atom. The van der Waals surface area contributed by atoms with Crippen molar-refractivity contribution in [3.05, 3.63) is 0 Å². The van der Waals surface area contributed by atoms with Crippen LogP contribution in [0.2, 0.25) is 0 Å². The normalized spacial score (nSPS) is 49.5. The zero-order valence-electron chi connectivity index (χ0n) is 24.9. The Morgan fingerprint density at radius 3 is 2.25 bits per heavy atom. The molecule has 4 aliphatic rings. The van der Waals surface area contributed by atoms with Gasteiger partial charge in [-0.25, -0.2) is 0 Å². The van der Waals surface area contributed by atoms with Crippen molar-refractivity contribution in [2.24, 2.45) is 17.2 Å². The van der Waals surface area contributed by atoms with Gasteiger partial charge in [-0.1, -0.05) is 0 Å². The number of rotatable bonds is 12. The summed E-state index contributed by atoms with van der Waals surface area (Å²) in [5.74, 6) is -0.795. The molecular formula is C26H50N6O12. The molecule has 1 amide bonds. The summed E-state index contributed by atoms with van der Waals surface area (Å²) >= 11 is 0. The minimum atomic E-state index is -1.80. The van der Waals surface area contributed by atoms with E-state index in [2.05, 4.69) is 16.0 Å². The predicted octanol–water partition coefficient (Wildman–Crippen LogP) is -7.40. The van der Waals surface area contributed by atoms with Gasteiger partial charge in [0.05, 0.1) is 18.7 Å². The summed E-state index contributed by atoms with van der Waals surface area (Å²) in [6.07, 6.45) is -13.8. The van der Waals surface area contributed by atoms with E-state index in [0.29, 0.717) is 19.5 Å². The summed E-state index contributed by atoms with van der Waals surface area (Å²) in [5, 5.41) is 83.7. The number of nitrogens with one attached hydrogen (secondary N) is 3. The summed E-state index contributed by atoms with van der Waals surface area (Å²) in [4.78, 5) is 12.9. The van der Waals surface area contributed by atoms with E-state index < -0.39 is 103 Å². The second-order valence-electron chi connectivity index (χ2n) is 12.6. The molecule has 0 bridgehead atoms. The molecule has 2 saturated heterocycles. The number of carbonyl (C=O) groups is 1. The topological polar surface area (TPSA) is 310 Å². The van der Waals surface area contributed by atoms with E-state index in [4.69, 9.17) is 36.1 Å². The predicted molar refractivity (Wildman–Crippen MR) is 150 cm³/mol. The highest BCUT2D eigenvalue weighted by Gasteiger charge is 2.59. The summed E-state index contributed by atoms with van der Waals surface area (Å²) in [6.45, 7) is 2.29. The minimum Gasteiger partial charge on any atom is -0.388 e. The van der Waals surface area contributed by atoms with Gasteiger partial charge < -0.3 is 87.8 Å². The lowest BCUT2D eigenvalue weighted by Crippen LogP contribution is -2.70. The van der Waals surface area contributed by atoms with Crippen LogP contribution >= 0.6 is 0 Å². The summed E-state index contributed by atoms with van der Waals surface area (Å²) in [6, 6.07) is -3.68. The first-order chi connectivity index (χ1) is 20.7. The number of aliphatic hydroxyl groups is 7. The Kier molecular flexibility index (Phi) is 11.6. The third kappa shape index (κ3) is 7.36. The number of carbonyl (C=O) groups excluding carboxylic acids is 1. The van der Waals surface area contributed by atoms with Crippen molar-refractivity contribution in [3.63, 3.8) is 0 Å². The van der Waals surface area contributed by atoms with Crippen LogP contribution in [0.5, 0.6) is 0 Å². The van der Waals surface area contributed by atoms with Gasteiger partial charge in [-0.3, -0.25) is 4.79 Å². The number of hydrogen-bond donors (Lipinski definition) is 13. The molecule has 0 aromatic heterocycles. The maximum atomic E-state index is 12.9. The van der Waals surface area contributed by atoms with Crippen molar-refractivity contribution in [1.29, 1.82) is 0 Å². The molecule has 256 valence electrons. The number of ether oxygens (including phenoxy) is 4. The molecule has 2 saturated carbocycles. The zero-order valence-corrected chi connectivity index (χ0v) is 24.9. The van der Waals surface area contributed by atoms with Gasteiger partial charge in [0.1, 0.15) is 54.4 Å². The molecular weight excluding hydrogens is 588 g/mol. The van der Waals surface area contributed by atoms with Crippen LogP contribution in [0, 0.1) is 0 Å². The smallest absolute Gasteiger partial charge is 0.253 e. The SMILES string of the molecule is CN[C@@H]1[C@@H](O)[C@@H](O[C@H]2[C@H](NC(=O)C3(O)CC3N)C[C@H](N)C(O[C@H]3O[C@H](CNCCCN)[C@@H](O)[C@H](O)[C@H]3O)[C@@H]2O)OC[C@]1(C)O. The van der Waals surface area contributed by atoms with E-state index in [1.165, 1.54) is 14.0 Å². The van der Waals surface area contributed by atoms with Crippen LogP contribution in [0.1, 0.15) is 26.2 Å². The van der Waals surface area contributed by atoms with Gasteiger partial charge >= 0.3 is 0 Å². The molecule has 2 aliphatic carbocycles. The van der Waals surface area contributed by atoms with E-state index in [1.807, 2.05) is 0 Å². The van der Waals surface area contributed by atoms with Crippen molar-refractivity contribution in [1.82, 2.24) is 16.0 Å². The Labute approximate surface area is 255 Å². The lowest BCUT2D eigenvalue weighted by Gasteiger charge is -2.49. The van der Waals surface area contributed by atoms with Gasteiger partial charge in [0.25, 0.3) is 5.91 Å². The van der Waals surface area contributed by atoms with Crippen molar-refractivity contribution in [2.75, 3.05) is 33.3 Å². The average molecular weight is 639 g/mol. The quantitative estimate of drug-likeness (QED) is 0.0883. The van der Waals surface area contributed by atoms with Gasteiger partial charge in [0.2, 0.25) is 0 Å². The molecule has 18 heteroatoms. The zero-order chi connectivity index (χ0) is 32.6. The van der Waals surface area contributed by atoms with Gasteiger partial charge in [-0.2, -0.15) is 0 Å². The number of nitrogens with two attached hydrogens (primary N) is 3. The molecule has 16 atom stereocenters. The van der Waals surface area contributed by atoms with Crippen molar-refractivity contribution in [3.8, 4) is 0 Å². The lowest BCUT2D eigenvalue weighted by atomic mass is 9.83. The maximum absolute atomic E-state index is 12.9. The van der Waals surface area contributed by atoms with Gasteiger partial charge in [-0.05, 0) is 39.9 Å². The molecule has 2 heterocycles. The summed E-state index contributed by atoms with van der Waals surface area (Å²) < 4.78 is 23.3. The van der Waals surface area contributed by atoms with Crippen LogP contribution in [0.25, 0.3) is 0 Å². The van der Waals surface area contributed by atoms with Crippen LogP contribution in [0.15, 0.2) is 0 Å². The van der Waals surface area contributed by atoms with Gasteiger partial charge in [0.15, 0.2) is 18.2 Å². The highest BCUT2D eigenvalue weighted by atomic mass is 16.7. The fourth-order valence-electron chi connectivity index (χ4n) is 6.11. The Morgan fingerprint density at radius 2 is 1.64 bits per heavy atom. The van der Waals surface area contributed by atoms with Crippen molar-refractivity contribution in [2.45, 2.75) is 123 Å². The monoisotopic (exact) mass is 638 g/mol. The standard InChI is InChI=1S/C26H50N6O12/c1-25(39)9-41-22(18(37)21(25)30-2)44-20-11(32-24(38)26(40)7-13(26)29)6-10(28)19(17(20)36)43-23-16(35)15(34)14(33)12(42-23)8-31-5-3-4-27/h10-23,30-31,33-37,39-40H,3-9,27-29H2,1-2H3,(H,32,38)/t10-,11+,12+,13?,14+,15-,16+,17-,18+,19?,20-,21+,22+,23+,25-,26?/m0/s1. The first kappa shape index (κ1) is 35.7. The molecule has 3 unspecified atom stereocenters. The first-order valence-electron chi connectivity index (χ1n) is 15.0. The van der Waals surface area contributed by atoms with Crippen LogP contribution in [-0.4, -0.2) is 172 Å². The molecule has 18 nitrogen and oxygen atoms in total. The molecule has 0 aromatic carbocycles. The molecule has 4 rings (SSSR count). The molecule has 4 fully saturated rings. The second-order valence-corrected chi connectivity index (χ2v) is 12.6. The van der Waals surface area contributed by atoms with Gasteiger partial charge in [-0.15, -0.1) is 0 Å². The molecule has 16 N–H and O–H groups in total. The van der Waals surface area contributed by atoms with Crippen LogP contribution < -0.4 is 33.2 Å². The Bertz CT molecular complexity index is 970. The number of hydrogen-bond acceptors (Lipinski definition) is 17. The third-order valence-electron chi connectivity index (χ3n) is 9.01. The minimum absolute atomic E-state index is 0.0358. The summed E-state index contributed by atoms with van der Waals surface area (Å²) in [7, 11) is 1.54. The highest BCUT2D eigenvalue weighted by molar-refractivity contribution is 5.89. The summed E-state index contributed by atoms with van der Waals surface area (Å²) in [5.41, 5.74) is 14.4. The van der Waals surface area contributed by atoms with E-state index in [-0.39, 0.29) is 26.0 Å². The number of aliphatic hydroxyl groups excluding tert-OH is 5. The Balaban J connectivity index is 1.52. The van der Waals surface area contributed by atoms with Crippen molar-refractivity contribution < 1.29 is 59.5 Å². The van der Waals surface area contributed by atoms with E-state index in [9.17, 15) is 40.5 Å². The highest BCUT2D eigenvalue weighted by Crippen LogP contribution is 2.36. The van der Waals surface area contributed by atoms with Gasteiger partial charge in [0, 0.05) is 25.0 Å². The maximum Gasteiger partial charge on any atom is 0.253 e. The third-order valence-corrected chi connectivity index (χ3v) is 9.01. The fourth-order valence-corrected chi connectivity index (χ4v) is 6.11. The number of amides is 1. The molecule has 0 radical (unpaired) electrons.